The quantitative estimate of drug-likeness (QED) is 0.227. The molecule has 0 unspecified atom stereocenters. The van der Waals surface area contributed by atoms with Gasteiger partial charge in [-0.15, -0.1) is 6.42 Å². The zero-order valence-corrected chi connectivity index (χ0v) is 25.5. The molecule has 4 rings (SSSR count). The van der Waals surface area contributed by atoms with Crippen LogP contribution in [-0.2, 0) is 19.2 Å². The number of thioether (sulfide) groups is 1. The molecular weight excluding hydrogens is 542 g/mol. The Balaban J connectivity index is 1.31. The minimum atomic E-state index is -1.10. The molecule has 41 heavy (non-hydrogen) atoms. The number of fused-ring (bicyclic) bond motifs is 5. The van der Waals surface area contributed by atoms with Crippen molar-refractivity contribution in [2.45, 2.75) is 96.2 Å². The lowest BCUT2D eigenvalue weighted by Crippen LogP contribution is -2.54. The van der Waals surface area contributed by atoms with Gasteiger partial charge < -0.3 is 25.7 Å². The Morgan fingerprint density at radius 1 is 1.17 bits per heavy atom. The van der Waals surface area contributed by atoms with Gasteiger partial charge in [0.1, 0.15) is 17.7 Å². The van der Waals surface area contributed by atoms with E-state index in [0.29, 0.717) is 36.3 Å². The average molecular weight is 588 g/mol. The number of hydrogen-bond acceptors (Lipinski definition) is 7. The van der Waals surface area contributed by atoms with Crippen LogP contribution in [0.15, 0.2) is 16.8 Å². The first-order valence-corrected chi connectivity index (χ1v) is 16.2. The van der Waals surface area contributed by atoms with Crippen molar-refractivity contribution in [3.8, 4) is 12.3 Å². The maximum Gasteiger partial charge on any atom is 0.326 e. The molecule has 0 aromatic carbocycles. The van der Waals surface area contributed by atoms with Crippen molar-refractivity contribution in [3.05, 3.63) is 11.6 Å². The first-order valence-electron chi connectivity index (χ1n) is 14.8. The van der Waals surface area contributed by atoms with Crippen LogP contribution in [0.25, 0.3) is 0 Å². The lowest BCUT2D eigenvalue weighted by Gasteiger charge is -2.58. The van der Waals surface area contributed by atoms with Gasteiger partial charge in [0.2, 0.25) is 5.91 Å². The van der Waals surface area contributed by atoms with Crippen molar-refractivity contribution < 1.29 is 29.4 Å². The second-order valence-electron chi connectivity index (χ2n) is 12.8. The van der Waals surface area contributed by atoms with E-state index >= 15 is 0 Å². The third-order valence-corrected chi connectivity index (χ3v) is 11.4. The Labute approximate surface area is 247 Å². The number of carbonyl (C=O) groups is 3. The highest BCUT2D eigenvalue weighted by atomic mass is 32.2. The van der Waals surface area contributed by atoms with Crippen molar-refractivity contribution in [2.24, 2.45) is 33.7 Å². The summed E-state index contributed by atoms with van der Waals surface area (Å²) in [6.45, 7) is 5.76. The van der Waals surface area contributed by atoms with Gasteiger partial charge in [0.05, 0.1) is 5.71 Å². The van der Waals surface area contributed by atoms with Crippen LogP contribution in [0.4, 0.5) is 0 Å². The summed E-state index contributed by atoms with van der Waals surface area (Å²) in [4.78, 5) is 41.5. The maximum atomic E-state index is 12.4. The molecule has 2 amide bonds. The maximum absolute atomic E-state index is 12.4. The molecule has 3 fully saturated rings. The molecule has 0 aromatic rings. The van der Waals surface area contributed by atoms with E-state index in [1.165, 1.54) is 24.3 Å². The summed E-state index contributed by atoms with van der Waals surface area (Å²) in [7, 11) is 0. The van der Waals surface area contributed by atoms with Gasteiger partial charge in [-0.3, -0.25) is 9.59 Å². The minimum absolute atomic E-state index is 0.0872. The monoisotopic (exact) mass is 587 g/mol. The molecule has 9 nitrogen and oxygen atoms in total. The van der Waals surface area contributed by atoms with Crippen LogP contribution in [-0.4, -0.2) is 70.0 Å². The molecule has 8 atom stereocenters. The number of nitrogens with one attached hydrogen (secondary N) is 2. The number of allylic oxidation sites excluding steroid dienone is 2. The smallest absolute Gasteiger partial charge is 0.326 e. The fourth-order valence-corrected chi connectivity index (χ4v) is 8.68. The number of aliphatic hydroxyl groups is 1. The summed E-state index contributed by atoms with van der Waals surface area (Å²) in [5, 5.41) is 29.8. The lowest BCUT2D eigenvalue weighted by atomic mass is 9.46. The van der Waals surface area contributed by atoms with E-state index in [-0.39, 0.29) is 17.4 Å². The lowest BCUT2D eigenvalue weighted by molar-refractivity contribution is -0.142. The summed E-state index contributed by atoms with van der Waals surface area (Å²) >= 11 is 1.50. The van der Waals surface area contributed by atoms with Crippen molar-refractivity contribution in [1.29, 1.82) is 0 Å². The van der Waals surface area contributed by atoms with Crippen molar-refractivity contribution in [1.82, 2.24) is 10.6 Å². The number of nitrogens with zero attached hydrogens (tertiary/aromatic N) is 1. The second kappa shape index (κ2) is 12.4. The van der Waals surface area contributed by atoms with Crippen LogP contribution in [0, 0.1) is 40.9 Å². The van der Waals surface area contributed by atoms with Crippen LogP contribution in [0.5, 0.6) is 0 Å². The molecular formula is C31H45N3O6S. The number of amides is 2. The molecule has 10 heteroatoms. The van der Waals surface area contributed by atoms with Crippen molar-refractivity contribution in [2.75, 3.05) is 18.6 Å². The van der Waals surface area contributed by atoms with Gasteiger partial charge in [-0.05, 0) is 106 Å². The first kappa shape index (κ1) is 31.4. The predicted molar refractivity (Wildman–Crippen MR) is 159 cm³/mol. The van der Waals surface area contributed by atoms with E-state index in [1.807, 2.05) is 6.26 Å². The van der Waals surface area contributed by atoms with Gasteiger partial charge in [-0.2, -0.15) is 11.8 Å². The van der Waals surface area contributed by atoms with Gasteiger partial charge in [-0.1, -0.05) is 30.5 Å². The zero-order valence-electron chi connectivity index (χ0n) is 24.7. The molecule has 0 saturated heterocycles. The molecule has 0 radical (unpaired) electrons. The molecule has 4 N–H and O–H groups in total. The number of hydrogen-bond donors (Lipinski definition) is 4. The highest BCUT2D eigenvalue weighted by Crippen LogP contribution is 2.67. The number of terminal acetylenes is 1. The van der Waals surface area contributed by atoms with Crippen LogP contribution >= 0.6 is 11.8 Å². The number of aliphatic carboxylic acids is 1. The normalized spacial score (nSPS) is 36.4. The Morgan fingerprint density at radius 3 is 2.59 bits per heavy atom. The molecule has 0 aliphatic heterocycles. The zero-order chi connectivity index (χ0) is 30.0. The molecule has 4 aliphatic carbocycles. The van der Waals surface area contributed by atoms with E-state index in [9.17, 15) is 24.6 Å². The largest absolute Gasteiger partial charge is 0.480 e. The van der Waals surface area contributed by atoms with Crippen LogP contribution in [0.3, 0.4) is 0 Å². The Bertz CT molecular complexity index is 1150. The van der Waals surface area contributed by atoms with E-state index in [0.717, 1.165) is 50.7 Å². The fraction of sp³-hybridized carbons (Fsp3) is 0.742. The Morgan fingerprint density at radius 2 is 1.90 bits per heavy atom. The van der Waals surface area contributed by atoms with Gasteiger partial charge >= 0.3 is 5.97 Å². The SMILES string of the molecule is C#C[C@]1(O)CC[C@H]2[C@@H]3CCC4=C/C(=N/OCC(=O)N[C@@H](C)C(=O)N[C@H](CCSC)C(=O)O)CC[C@]4(C)[C@H]3CC[C@@]21C. The summed E-state index contributed by atoms with van der Waals surface area (Å²) in [5.74, 6) is 2.75. The Hall–Kier alpha value is -2.51. The second-order valence-corrected chi connectivity index (χ2v) is 13.8. The van der Waals surface area contributed by atoms with Gasteiger partial charge in [0, 0.05) is 5.41 Å². The summed E-state index contributed by atoms with van der Waals surface area (Å²) in [6.07, 6.45) is 17.6. The molecule has 0 heterocycles. The molecule has 0 spiro atoms. The number of rotatable bonds is 10. The summed E-state index contributed by atoms with van der Waals surface area (Å²) < 4.78 is 0. The standard InChI is InChI=1S/C31H45N3O6S/c1-6-31(39)15-11-24-22-8-7-20-17-21(9-13-29(20,3)23(22)10-14-30(24,31)4)34-40-18-26(35)32-19(2)27(36)33-25(28(37)38)12-16-41-5/h1,17,19,22-25,39H,7-16,18H2,2-5H3,(H,32,35)(H,33,36)(H,37,38)/b34-21+/t19-,22+,23-,24-,25+,29-,30-,31-/m0/s1. The van der Waals surface area contributed by atoms with Gasteiger partial charge in [0.25, 0.3) is 5.91 Å². The molecule has 0 bridgehead atoms. The summed E-state index contributed by atoms with van der Waals surface area (Å²) in [6, 6.07) is -1.91. The fourth-order valence-electron chi connectivity index (χ4n) is 8.21. The highest BCUT2D eigenvalue weighted by Gasteiger charge is 2.63. The molecule has 0 aromatic heterocycles. The van der Waals surface area contributed by atoms with E-state index in [4.69, 9.17) is 11.3 Å². The molecule has 4 aliphatic rings. The highest BCUT2D eigenvalue weighted by molar-refractivity contribution is 7.98. The number of oxime groups is 1. The Kier molecular flexibility index (Phi) is 9.49. The number of carbonyl (C=O) groups excluding carboxylic acids is 2. The van der Waals surface area contributed by atoms with Crippen molar-refractivity contribution >= 4 is 35.3 Å². The third kappa shape index (κ3) is 6.03. The van der Waals surface area contributed by atoms with E-state index in [2.05, 4.69) is 41.6 Å². The topological polar surface area (TPSA) is 137 Å². The molecule has 226 valence electrons. The summed E-state index contributed by atoms with van der Waals surface area (Å²) in [5.41, 5.74) is 1.09. The predicted octanol–water partition coefficient (Wildman–Crippen LogP) is 3.51. The first-order chi connectivity index (χ1) is 19.4. The van der Waals surface area contributed by atoms with Crippen molar-refractivity contribution in [3.63, 3.8) is 0 Å². The van der Waals surface area contributed by atoms with Crippen LogP contribution in [0.2, 0.25) is 0 Å². The van der Waals surface area contributed by atoms with E-state index < -0.39 is 35.5 Å². The minimum Gasteiger partial charge on any atom is -0.480 e. The van der Waals surface area contributed by atoms with Crippen LogP contribution in [0.1, 0.15) is 78.6 Å². The van der Waals surface area contributed by atoms with Gasteiger partial charge in [-0.25, -0.2) is 4.79 Å². The molecule has 3 saturated carbocycles. The van der Waals surface area contributed by atoms with E-state index in [1.54, 1.807) is 0 Å². The van der Waals surface area contributed by atoms with Gasteiger partial charge in [0.15, 0.2) is 6.61 Å². The number of carboxylic acid groups (broad SMARTS) is 1. The van der Waals surface area contributed by atoms with Crippen LogP contribution < -0.4 is 10.6 Å². The third-order valence-electron chi connectivity index (χ3n) is 10.7. The number of carboxylic acids is 1. The average Bonchev–Trinajstić information content (AvgIpc) is 3.21.